The Hall–Kier alpha value is -2.52. The number of carbonyl (C=O) groups is 1. The molecule has 1 atom stereocenters. The van der Waals surface area contributed by atoms with E-state index in [2.05, 4.69) is 16.4 Å². The van der Waals surface area contributed by atoms with Gasteiger partial charge in [-0.15, -0.1) is 0 Å². The molecule has 0 spiro atoms. The van der Waals surface area contributed by atoms with Crippen LogP contribution < -0.4 is 10.1 Å². The van der Waals surface area contributed by atoms with Crippen molar-refractivity contribution in [3.63, 3.8) is 0 Å². The van der Waals surface area contributed by atoms with Gasteiger partial charge in [0.25, 0.3) is 5.91 Å². The molecule has 6 heteroatoms. The highest BCUT2D eigenvalue weighted by Gasteiger charge is 2.21. The van der Waals surface area contributed by atoms with Crippen LogP contribution in [-0.2, 0) is 0 Å². The zero-order valence-corrected chi connectivity index (χ0v) is 13.2. The van der Waals surface area contributed by atoms with Crippen LogP contribution in [-0.4, -0.2) is 28.5 Å². The van der Waals surface area contributed by atoms with E-state index in [4.69, 9.17) is 10.00 Å². The average molecular weight is 325 g/mol. The van der Waals surface area contributed by atoms with Gasteiger partial charge in [-0.2, -0.15) is 17.0 Å². The van der Waals surface area contributed by atoms with E-state index in [0.29, 0.717) is 22.7 Å². The number of para-hydroxylation sites is 1. The highest BCUT2D eigenvalue weighted by atomic mass is 32.2. The molecule has 0 radical (unpaired) electrons. The fraction of sp³-hybridized carbons (Fsp3) is 0.235. The van der Waals surface area contributed by atoms with Gasteiger partial charge in [0, 0.05) is 11.9 Å². The highest BCUT2D eigenvalue weighted by molar-refractivity contribution is 7.99. The molecule has 5 nitrogen and oxygen atoms in total. The number of hydrogen-bond donors (Lipinski definition) is 1. The lowest BCUT2D eigenvalue weighted by atomic mass is 10.2. The van der Waals surface area contributed by atoms with Crippen LogP contribution in [0.25, 0.3) is 0 Å². The molecule has 3 rings (SSSR count). The molecule has 1 fully saturated rings. The third-order valence-corrected chi connectivity index (χ3v) is 4.61. The molecule has 1 unspecified atom stereocenters. The number of hydrogen-bond acceptors (Lipinski definition) is 5. The number of anilines is 1. The van der Waals surface area contributed by atoms with E-state index in [1.54, 1.807) is 42.6 Å². The number of aromatic nitrogens is 1. The molecule has 1 aliphatic heterocycles. The van der Waals surface area contributed by atoms with Gasteiger partial charge < -0.3 is 10.1 Å². The van der Waals surface area contributed by atoms with Crippen molar-refractivity contribution in [1.29, 1.82) is 5.26 Å². The van der Waals surface area contributed by atoms with Crippen molar-refractivity contribution in [1.82, 2.24) is 4.98 Å². The molecule has 0 saturated carbocycles. The number of nitrogens with zero attached hydrogens (tertiary/aromatic N) is 2. The topological polar surface area (TPSA) is 75.0 Å². The summed E-state index contributed by atoms with van der Waals surface area (Å²) in [5.41, 5.74) is 1.27. The first kappa shape index (κ1) is 15.4. The normalized spacial score (nSPS) is 16.6. The van der Waals surface area contributed by atoms with Gasteiger partial charge in [-0.25, -0.2) is 4.98 Å². The fourth-order valence-corrected chi connectivity index (χ4v) is 3.39. The van der Waals surface area contributed by atoms with E-state index in [1.165, 1.54) is 0 Å². The maximum absolute atomic E-state index is 12.5. The van der Waals surface area contributed by atoms with Gasteiger partial charge in [0.1, 0.15) is 17.7 Å². The third kappa shape index (κ3) is 3.63. The largest absolute Gasteiger partial charge is 0.473 e. The van der Waals surface area contributed by atoms with E-state index in [-0.39, 0.29) is 12.0 Å². The van der Waals surface area contributed by atoms with Gasteiger partial charge in [0.05, 0.1) is 11.3 Å². The third-order valence-electron chi connectivity index (χ3n) is 3.48. The summed E-state index contributed by atoms with van der Waals surface area (Å²) >= 11 is 1.83. The quantitative estimate of drug-likeness (QED) is 0.935. The van der Waals surface area contributed by atoms with Crippen LogP contribution in [0.3, 0.4) is 0 Å². The first-order valence-electron chi connectivity index (χ1n) is 7.28. The summed E-state index contributed by atoms with van der Waals surface area (Å²) in [6, 6.07) is 12.3. The highest BCUT2D eigenvalue weighted by Crippen LogP contribution is 2.25. The maximum atomic E-state index is 12.5. The first-order valence-corrected chi connectivity index (χ1v) is 8.43. The van der Waals surface area contributed by atoms with E-state index in [9.17, 15) is 4.79 Å². The SMILES string of the molecule is N#Cc1ccccc1NC(=O)c1cccnc1OC1CCSC1. The van der Waals surface area contributed by atoms with E-state index in [1.807, 2.05) is 11.8 Å². The van der Waals surface area contributed by atoms with E-state index in [0.717, 1.165) is 17.9 Å². The van der Waals surface area contributed by atoms with Gasteiger partial charge in [-0.1, -0.05) is 12.1 Å². The predicted molar refractivity (Wildman–Crippen MR) is 89.7 cm³/mol. The average Bonchev–Trinajstić information content (AvgIpc) is 3.09. The molecule has 116 valence electrons. The molecule has 23 heavy (non-hydrogen) atoms. The molecule has 0 aliphatic carbocycles. The molecular formula is C17H15N3O2S. The standard InChI is InChI=1S/C17H15N3O2S/c18-10-12-4-1-2-6-15(12)20-16(21)14-5-3-8-19-17(14)22-13-7-9-23-11-13/h1-6,8,13H,7,9,11H2,(H,20,21). The summed E-state index contributed by atoms with van der Waals surface area (Å²) in [5, 5.41) is 11.9. The lowest BCUT2D eigenvalue weighted by Gasteiger charge is -2.14. The molecule has 1 aromatic heterocycles. The summed E-state index contributed by atoms with van der Waals surface area (Å²) in [7, 11) is 0. The molecule has 2 aromatic rings. The summed E-state index contributed by atoms with van der Waals surface area (Å²) in [6.07, 6.45) is 2.66. The van der Waals surface area contributed by atoms with Crippen molar-refractivity contribution in [3.8, 4) is 11.9 Å². The minimum absolute atomic E-state index is 0.0906. The molecule has 0 bridgehead atoms. The lowest BCUT2D eigenvalue weighted by Crippen LogP contribution is -2.20. The minimum atomic E-state index is -0.332. The van der Waals surface area contributed by atoms with Gasteiger partial charge in [-0.05, 0) is 36.4 Å². The molecule has 1 aliphatic rings. The maximum Gasteiger partial charge on any atom is 0.261 e. The van der Waals surface area contributed by atoms with Gasteiger partial charge >= 0.3 is 0 Å². The van der Waals surface area contributed by atoms with Crippen molar-refractivity contribution in [2.45, 2.75) is 12.5 Å². The molecule has 1 N–H and O–H groups in total. The number of carbonyl (C=O) groups excluding carboxylic acids is 1. The zero-order chi connectivity index (χ0) is 16.1. The Morgan fingerprint density at radius 1 is 1.35 bits per heavy atom. The fourth-order valence-electron chi connectivity index (χ4n) is 2.30. The van der Waals surface area contributed by atoms with Crippen molar-refractivity contribution in [2.75, 3.05) is 16.8 Å². The predicted octanol–water partition coefficient (Wildman–Crippen LogP) is 3.09. The van der Waals surface area contributed by atoms with Crippen molar-refractivity contribution in [2.24, 2.45) is 0 Å². The number of nitriles is 1. The Morgan fingerprint density at radius 3 is 3.00 bits per heavy atom. The lowest BCUT2D eigenvalue weighted by molar-refractivity contribution is 0.101. The van der Waals surface area contributed by atoms with Crippen LogP contribution in [0.4, 0.5) is 5.69 Å². The van der Waals surface area contributed by atoms with Gasteiger partial charge in [0.2, 0.25) is 5.88 Å². The molecule has 1 saturated heterocycles. The Kier molecular flexibility index (Phi) is 4.79. The van der Waals surface area contributed by atoms with E-state index >= 15 is 0 Å². The number of pyridine rings is 1. The molecular weight excluding hydrogens is 310 g/mol. The smallest absolute Gasteiger partial charge is 0.261 e. The number of thioether (sulfide) groups is 1. The van der Waals surface area contributed by atoms with Crippen molar-refractivity contribution in [3.05, 3.63) is 53.7 Å². The second-order valence-electron chi connectivity index (χ2n) is 5.07. The Bertz CT molecular complexity index is 751. The van der Waals surface area contributed by atoms with Crippen LogP contribution in [0.2, 0.25) is 0 Å². The van der Waals surface area contributed by atoms with Gasteiger partial charge in [-0.3, -0.25) is 4.79 Å². The summed E-state index contributed by atoms with van der Waals surface area (Å²) in [5.74, 6) is 1.98. The van der Waals surface area contributed by atoms with Crippen LogP contribution in [0.15, 0.2) is 42.6 Å². The summed E-state index contributed by atoms with van der Waals surface area (Å²) in [4.78, 5) is 16.7. The van der Waals surface area contributed by atoms with Crippen LogP contribution >= 0.6 is 11.8 Å². The Balaban J connectivity index is 1.80. The number of ether oxygens (including phenoxy) is 1. The second-order valence-corrected chi connectivity index (χ2v) is 6.22. The first-order chi connectivity index (χ1) is 11.3. The number of nitrogens with one attached hydrogen (secondary N) is 1. The number of amides is 1. The monoisotopic (exact) mass is 325 g/mol. The van der Waals surface area contributed by atoms with Crippen LogP contribution in [0, 0.1) is 11.3 Å². The van der Waals surface area contributed by atoms with E-state index < -0.39 is 0 Å². The van der Waals surface area contributed by atoms with Crippen molar-refractivity contribution >= 4 is 23.4 Å². The zero-order valence-electron chi connectivity index (χ0n) is 12.4. The van der Waals surface area contributed by atoms with Crippen LogP contribution in [0.5, 0.6) is 5.88 Å². The number of rotatable bonds is 4. The number of benzene rings is 1. The molecule has 1 amide bonds. The molecule has 1 aromatic carbocycles. The summed E-state index contributed by atoms with van der Waals surface area (Å²) < 4.78 is 5.86. The van der Waals surface area contributed by atoms with Gasteiger partial charge in [0.15, 0.2) is 0 Å². The Morgan fingerprint density at radius 2 is 2.22 bits per heavy atom. The molecule has 2 heterocycles. The Labute approximate surface area is 138 Å². The summed E-state index contributed by atoms with van der Waals surface area (Å²) in [6.45, 7) is 0. The second kappa shape index (κ2) is 7.16. The minimum Gasteiger partial charge on any atom is -0.473 e. The van der Waals surface area contributed by atoms with Crippen molar-refractivity contribution < 1.29 is 9.53 Å². The van der Waals surface area contributed by atoms with Crippen LogP contribution in [0.1, 0.15) is 22.3 Å².